The summed E-state index contributed by atoms with van der Waals surface area (Å²) in [5.41, 5.74) is 8.13. The number of rotatable bonds is 66. The van der Waals surface area contributed by atoms with Gasteiger partial charge in [0.2, 0.25) is 0 Å². The molecule has 788 valence electrons. The van der Waals surface area contributed by atoms with E-state index in [4.69, 9.17) is 0 Å². The third kappa shape index (κ3) is 72.5. The minimum absolute atomic E-state index is 0.143. The summed E-state index contributed by atoms with van der Waals surface area (Å²) >= 11 is 14.5. The Morgan fingerprint density at radius 3 is 0.850 bits per heavy atom. The van der Waals surface area contributed by atoms with E-state index in [1.54, 1.807) is 115 Å². The van der Waals surface area contributed by atoms with Crippen LogP contribution in [-0.4, -0.2) is 103 Å². The molecule has 0 unspecified atom stereocenters. The zero-order valence-electron chi connectivity index (χ0n) is 86.1. The maximum absolute atomic E-state index is 13.5. The molecule has 0 radical (unpaired) electrons. The van der Waals surface area contributed by atoms with Crippen molar-refractivity contribution in [1.82, 2.24) is 0 Å². The van der Waals surface area contributed by atoms with Gasteiger partial charge in [-0.2, -0.15) is 26.3 Å². The standard InChI is InChI=1S/C15H22F3NS.C14H20F3NS.C14H22FNS.C14H22N2O2S.C14H23NS.C13H20FNS.C13H20N2O2S.C13H21NS/c1-3-4-5-6-9-20-11-19-14-8-7-12(2)10-13(14)15(16,17)18;1-2-3-4-7-10-19-11-18-13-9-6-5-8-12(13)14(15,16)17;1-3-4-5-6-9-17-11-16-14-8-7-12(2)10-13(14)15;1-3-4-5-6-9-19-11-15-13-8-7-12(2)10-14(13)16(17)18;1-3-4-5-6-11-16-12-15-14-9-7-13(2)8-10-14;1-2-3-4-7-10-16-11-15-13-9-6-5-8-12(13)14;1-2-3-4-7-10-18-11-14-12-8-5-6-9-13(12)15(16)17;1-2-3-4-8-11-15-12-14-13-9-6-5-7-10-13/h7-8,10,19H,3-6,9,11H2,1-2H3;5-6,8-9,18H,2-4,7,10-11H2,1H3;7-8,10,16H,3-6,9,11H2,1-2H3;7-8,10,15H,3-6,9,11H2,1-2H3;7-10,15H,3-6,11-12H2,1-2H3;5-6,8-9,15H,2-4,7,10-11H2,1H3;5-6,8-9,14H,2-4,7,10-11H2,1H3;5-7,9-10,14H,2-4,8,11-12H2,1H3. The van der Waals surface area contributed by atoms with Crippen molar-refractivity contribution in [3.63, 3.8) is 0 Å². The van der Waals surface area contributed by atoms with Crippen LogP contribution >= 0.6 is 94.1 Å². The first-order chi connectivity index (χ1) is 67.7. The lowest BCUT2D eigenvalue weighted by Crippen LogP contribution is -2.11. The smallest absolute Gasteiger partial charge is 0.376 e. The highest BCUT2D eigenvalue weighted by Crippen LogP contribution is 2.38. The number of para-hydroxylation sites is 5. The van der Waals surface area contributed by atoms with Crippen LogP contribution in [-0.2, 0) is 12.4 Å². The van der Waals surface area contributed by atoms with Gasteiger partial charge < -0.3 is 42.5 Å². The van der Waals surface area contributed by atoms with Crippen molar-refractivity contribution in [2.45, 2.75) is 301 Å². The number of nitro benzene ring substituents is 2. The van der Waals surface area contributed by atoms with Crippen molar-refractivity contribution >= 4 is 151 Å². The predicted octanol–water partition coefficient (Wildman–Crippen LogP) is 38.3. The van der Waals surface area contributed by atoms with E-state index in [0.29, 0.717) is 40.1 Å². The summed E-state index contributed by atoms with van der Waals surface area (Å²) in [7, 11) is 0. The van der Waals surface area contributed by atoms with Gasteiger partial charge in [-0.15, -0.1) is 94.1 Å². The highest BCUT2D eigenvalue weighted by atomic mass is 32.2. The number of hydrogen-bond acceptors (Lipinski definition) is 20. The van der Waals surface area contributed by atoms with Crippen LogP contribution in [0.4, 0.5) is 92.0 Å². The van der Waals surface area contributed by atoms with Gasteiger partial charge in [-0.05, 0) is 221 Å². The fraction of sp³-hybridized carbons (Fsp3) is 0.564. The van der Waals surface area contributed by atoms with Crippen LogP contribution in [0.25, 0.3) is 0 Å². The number of alkyl halides is 6. The molecule has 0 bridgehead atoms. The van der Waals surface area contributed by atoms with Gasteiger partial charge in [0.05, 0.1) is 79.4 Å². The number of nitrogens with zero attached hydrogens (tertiary/aromatic N) is 2. The molecule has 0 amide bonds. The van der Waals surface area contributed by atoms with E-state index < -0.39 is 23.5 Å². The van der Waals surface area contributed by atoms with Crippen molar-refractivity contribution in [1.29, 1.82) is 0 Å². The van der Waals surface area contributed by atoms with E-state index in [1.165, 1.54) is 257 Å². The molecule has 0 atom stereocenters. The molecule has 8 aromatic rings. The van der Waals surface area contributed by atoms with Gasteiger partial charge in [0.25, 0.3) is 11.4 Å². The number of nitrogens with one attached hydrogen (secondary N) is 8. The third-order valence-corrected chi connectivity index (χ3v) is 28.5. The lowest BCUT2D eigenvalue weighted by atomic mass is 10.1. The molecule has 8 rings (SSSR count). The number of thioether (sulfide) groups is 8. The molecule has 0 fully saturated rings. The van der Waals surface area contributed by atoms with Gasteiger partial charge in [-0.3, -0.25) is 20.2 Å². The van der Waals surface area contributed by atoms with Crippen LogP contribution < -0.4 is 42.5 Å². The number of unbranched alkanes of at least 4 members (excludes halogenated alkanes) is 24. The second kappa shape index (κ2) is 89.8. The molecule has 30 heteroatoms. The molecule has 0 aliphatic heterocycles. The molecule has 14 nitrogen and oxygen atoms in total. The summed E-state index contributed by atoms with van der Waals surface area (Å²) in [4.78, 5) is 21.0. The van der Waals surface area contributed by atoms with E-state index >= 15 is 0 Å². The number of benzene rings is 8. The molecule has 8 aromatic carbocycles. The second-order valence-electron chi connectivity index (χ2n) is 33.7. The number of hydrogen-bond donors (Lipinski definition) is 8. The second-order valence-corrected chi connectivity index (χ2v) is 42.5. The zero-order chi connectivity index (χ0) is 103. The van der Waals surface area contributed by atoms with Crippen LogP contribution in [0.5, 0.6) is 0 Å². The monoisotopic (exact) mass is 2100 g/mol. The van der Waals surface area contributed by atoms with Gasteiger partial charge >= 0.3 is 12.4 Å². The molecule has 140 heavy (non-hydrogen) atoms. The Morgan fingerprint density at radius 1 is 0.243 bits per heavy atom. The predicted molar refractivity (Wildman–Crippen MR) is 614 cm³/mol. The zero-order valence-corrected chi connectivity index (χ0v) is 92.6. The maximum Gasteiger partial charge on any atom is 0.418 e. The van der Waals surface area contributed by atoms with E-state index in [-0.39, 0.29) is 44.2 Å². The first kappa shape index (κ1) is 131. The third-order valence-electron chi connectivity index (χ3n) is 21.1. The van der Waals surface area contributed by atoms with Crippen LogP contribution in [0.3, 0.4) is 0 Å². The largest absolute Gasteiger partial charge is 0.418 e. The number of halogens is 8. The molecule has 0 aliphatic rings. The van der Waals surface area contributed by atoms with Gasteiger partial charge in [0.15, 0.2) is 0 Å². The SMILES string of the molecule is CCCCCCSCNc1ccc(C)cc1.CCCCCCSCNc1ccc(C)cc1C(F)(F)F.CCCCCCSCNc1ccc(C)cc1F.CCCCCCSCNc1ccc(C)cc1[N+](=O)[O-].CCCCCCSCNc1ccccc1.CCCCCCSCNc1ccccc1C(F)(F)F.CCCCCCSCNc1ccccc1F.CCCCCCSCNc1ccccc1[N+](=O)[O-]. The Bertz CT molecular complexity index is 4300. The Balaban J connectivity index is 0.000000801. The summed E-state index contributed by atoms with van der Waals surface area (Å²) < 4.78 is 103. The Kier molecular flexibility index (Phi) is 84.1. The number of aryl methyl sites for hydroxylation is 4. The first-order valence-corrected chi connectivity index (χ1v) is 60.0. The van der Waals surface area contributed by atoms with E-state index in [0.717, 1.165) is 99.8 Å². The summed E-state index contributed by atoms with van der Waals surface area (Å²) in [5.74, 6) is 14.8. The molecular formula is C110H170F8N10O4S8. The van der Waals surface area contributed by atoms with Crippen molar-refractivity contribution in [2.75, 3.05) is 136 Å². The quantitative estimate of drug-likeness (QED) is 0.00592. The lowest BCUT2D eigenvalue weighted by molar-refractivity contribution is -0.384. The minimum Gasteiger partial charge on any atom is -0.376 e. The van der Waals surface area contributed by atoms with Crippen molar-refractivity contribution in [3.05, 3.63) is 247 Å². The normalized spacial score (nSPS) is 10.7. The molecule has 0 aliphatic carbocycles. The summed E-state index contributed by atoms with van der Waals surface area (Å²) in [5, 5.41) is 46.7. The van der Waals surface area contributed by atoms with Gasteiger partial charge in [-0.1, -0.05) is 306 Å². The van der Waals surface area contributed by atoms with Crippen LogP contribution in [0.15, 0.2) is 182 Å². The highest BCUT2D eigenvalue weighted by molar-refractivity contribution is 8.00. The molecule has 0 saturated carbocycles. The Morgan fingerprint density at radius 2 is 0.500 bits per heavy atom. The summed E-state index contributed by atoms with van der Waals surface area (Å²) in [6.45, 7) is 25.2. The number of anilines is 8. The van der Waals surface area contributed by atoms with Gasteiger partial charge in [-0.25, -0.2) is 8.78 Å². The minimum atomic E-state index is -4.31. The molecule has 8 N–H and O–H groups in total. The maximum atomic E-state index is 13.5. The average molecular weight is 2110 g/mol. The van der Waals surface area contributed by atoms with Gasteiger partial charge in [0.1, 0.15) is 23.0 Å². The summed E-state index contributed by atoms with van der Waals surface area (Å²) in [6.07, 6.45) is 32.2. The fourth-order valence-electron chi connectivity index (χ4n) is 12.9. The van der Waals surface area contributed by atoms with E-state index in [9.17, 15) is 55.4 Å². The fourth-order valence-corrected chi connectivity index (χ4v) is 19.4. The number of nitro groups is 2. The first-order valence-electron chi connectivity index (χ1n) is 50.7. The Labute approximate surface area is 873 Å². The molecule has 0 spiro atoms. The molecule has 0 saturated heterocycles. The van der Waals surface area contributed by atoms with Crippen molar-refractivity contribution in [2.24, 2.45) is 0 Å². The van der Waals surface area contributed by atoms with Gasteiger partial charge in [0, 0.05) is 34.9 Å². The highest BCUT2D eigenvalue weighted by Gasteiger charge is 2.34. The average Bonchev–Trinajstić information content (AvgIpc) is 0.824. The van der Waals surface area contributed by atoms with Crippen molar-refractivity contribution < 1.29 is 45.0 Å². The molecular weight excluding hydrogens is 1930 g/mol. The lowest BCUT2D eigenvalue weighted by Gasteiger charge is -2.15. The van der Waals surface area contributed by atoms with Crippen LogP contribution in [0, 0.1) is 59.6 Å². The molecule has 0 aromatic heterocycles. The summed E-state index contributed by atoms with van der Waals surface area (Å²) in [6, 6.07) is 53.1. The Hall–Kier alpha value is -6.80. The van der Waals surface area contributed by atoms with E-state index in [2.05, 4.69) is 153 Å². The van der Waals surface area contributed by atoms with E-state index in [1.807, 2.05) is 91.2 Å². The molecule has 0 heterocycles. The van der Waals surface area contributed by atoms with Crippen LogP contribution in [0.1, 0.15) is 294 Å². The van der Waals surface area contributed by atoms with Crippen LogP contribution in [0.2, 0.25) is 0 Å². The van der Waals surface area contributed by atoms with Crippen molar-refractivity contribution in [3.8, 4) is 0 Å². The topological polar surface area (TPSA) is 183 Å².